The summed E-state index contributed by atoms with van der Waals surface area (Å²) in [4.78, 5) is 31.1. The number of hydrogen-bond acceptors (Lipinski definition) is 4. The number of carbonyl (C=O) groups is 2. The number of carbonyl (C=O) groups excluding carboxylic acids is 2. The van der Waals surface area contributed by atoms with Crippen LogP contribution in [0.2, 0.25) is 5.02 Å². The van der Waals surface area contributed by atoms with Crippen LogP contribution in [-0.4, -0.2) is 45.0 Å². The number of nitrogens with one attached hydrogen (secondary N) is 1. The maximum Gasteiger partial charge on any atom is 0.317 e. The molecule has 3 aromatic rings. The molecular weight excluding hydrogens is 392 g/mol. The molecule has 2 amide bonds. The molecule has 1 saturated heterocycles. The minimum absolute atomic E-state index is 0.00366. The van der Waals surface area contributed by atoms with Gasteiger partial charge in [-0.15, -0.1) is 0 Å². The van der Waals surface area contributed by atoms with Crippen LogP contribution in [0.3, 0.4) is 0 Å². The summed E-state index contributed by atoms with van der Waals surface area (Å²) in [6.07, 6.45) is 3.97. The van der Waals surface area contributed by atoms with Crippen molar-refractivity contribution in [2.75, 3.05) is 13.1 Å². The number of Topliss-reactive ketones (excluding diaryl/α,β-unsaturated/α-hetero) is 1. The molecular formula is C21H19ClN4O3. The standard InChI is InChI=1S/C21H19ClN4O3/c1-25-5-4-14-6-13(9-23-19(14)25)10-24-20(28)26-11-21(12-26)8-17(27)16-7-15(22)2-3-18(16)29-21/h2-7,9H,8,10-12H2,1H3,(H,24,28). The minimum Gasteiger partial charge on any atom is -0.482 e. The molecule has 8 heteroatoms. The third-order valence-corrected chi connectivity index (χ3v) is 5.74. The zero-order valence-electron chi connectivity index (χ0n) is 15.8. The van der Waals surface area contributed by atoms with E-state index in [-0.39, 0.29) is 18.2 Å². The molecule has 1 spiro atoms. The first-order chi connectivity index (χ1) is 13.9. The second kappa shape index (κ2) is 6.49. The SMILES string of the molecule is Cn1ccc2cc(CNC(=O)N3CC4(CC(=O)c5cc(Cl)ccc5O4)C3)cnc21. The number of benzene rings is 1. The second-order valence-electron chi connectivity index (χ2n) is 7.72. The van der Waals surface area contributed by atoms with Crippen LogP contribution in [0.4, 0.5) is 4.79 Å². The van der Waals surface area contributed by atoms with E-state index in [0.29, 0.717) is 36.0 Å². The average Bonchev–Trinajstić information content (AvgIpc) is 3.05. The summed E-state index contributed by atoms with van der Waals surface area (Å²) in [5.41, 5.74) is 1.71. The van der Waals surface area contributed by atoms with Gasteiger partial charge in [-0.25, -0.2) is 9.78 Å². The van der Waals surface area contributed by atoms with Gasteiger partial charge >= 0.3 is 6.03 Å². The Kier molecular flexibility index (Phi) is 4.03. The maximum absolute atomic E-state index is 12.5. The number of hydrogen-bond donors (Lipinski definition) is 1. The number of halogens is 1. The van der Waals surface area contributed by atoms with E-state index >= 15 is 0 Å². The lowest BCUT2D eigenvalue weighted by Crippen LogP contribution is -2.69. The Morgan fingerprint density at radius 3 is 2.97 bits per heavy atom. The van der Waals surface area contributed by atoms with Crippen molar-refractivity contribution in [1.82, 2.24) is 19.8 Å². The second-order valence-corrected chi connectivity index (χ2v) is 8.16. The molecule has 5 rings (SSSR count). The molecule has 4 heterocycles. The number of rotatable bonds is 2. The Labute approximate surface area is 172 Å². The van der Waals surface area contributed by atoms with Crippen LogP contribution >= 0.6 is 11.6 Å². The van der Waals surface area contributed by atoms with E-state index in [2.05, 4.69) is 10.3 Å². The van der Waals surface area contributed by atoms with Gasteiger partial charge in [-0.2, -0.15) is 0 Å². The van der Waals surface area contributed by atoms with E-state index in [9.17, 15) is 9.59 Å². The van der Waals surface area contributed by atoms with E-state index < -0.39 is 5.60 Å². The van der Waals surface area contributed by atoms with Crippen molar-refractivity contribution < 1.29 is 14.3 Å². The van der Waals surface area contributed by atoms with Crippen molar-refractivity contribution in [1.29, 1.82) is 0 Å². The van der Waals surface area contributed by atoms with Crippen LogP contribution in [0.15, 0.2) is 42.7 Å². The Balaban J connectivity index is 1.21. The van der Waals surface area contributed by atoms with Crippen LogP contribution in [0, 0.1) is 0 Å². The van der Waals surface area contributed by atoms with Gasteiger partial charge in [-0.05, 0) is 35.9 Å². The van der Waals surface area contributed by atoms with Crippen LogP contribution in [-0.2, 0) is 13.6 Å². The largest absolute Gasteiger partial charge is 0.482 e. The fourth-order valence-corrected chi connectivity index (χ4v) is 4.19. The summed E-state index contributed by atoms with van der Waals surface area (Å²) < 4.78 is 8.01. The first kappa shape index (κ1) is 18.0. The van der Waals surface area contributed by atoms with E-state index in [1.54, 1.807) is 29.3 Å². The lowest BCUT2D eigenvalue weighted by atomic mass is 9.84. The fourth-order valence-electron chi connectivity index (χ4n) is 4.02. The van der Waals surface area contributed by atoms with E-state index in [4.69, 9.17) is 16.3 Å². The third-order valence-electron chi connectivity index (χ3n) is 5.50. The van der Waals surface area contributed by atoms with Crippen molar-refractivity contribution in [2.45, 2.75) is 18.6 Å². The lowest BCUT2D eigenvalue weighted by Gasteiger charge is -2.50. The van der Waals surface area contributed by atoms with Gasteiger partial charge in [0.05, 0.1) is 25.1 Å². The van der Waals surface area contributed by atoms with Gasteiger partial charge in [-0.3, -0.25) is 4.79 Å². The van der Waals surface area contributed by atoms with Crippen LogP contribution in [0.5, 0.6) is 5.75 Å². The average molecular weight is 411 g/mol. The first-order valence-electron chi connectivity index (χ1n) is 9.37. The van der Waals surface area contributed by atoms with Crippen LogP contribution in [0.1, 0.15) is 22.3 Å². The van der Waals surface area contributed by atoms with Gasteiger partial charge < -0.3 is 19.5 Å². The summed E-state index contributed by atoms with van der Waals surface area (Å²) in [6, 6.07) is 8.88. The third kappa shape index (κ3) is 3.11. The summed E-state index contributed by atoms with van der Waals surface area (Å²) in [7, 11) is 1.95. The molecule has 1 aromatic carbocycles. The van der Waals surface area contributed by atoms with Gasteiger partial charge in [0.15, 0.2) is 11.4 Å². The molecule has 2 aliphatic rings. The predicted octanol–water partition coefficient (Wildman–Crippen LogP) is 3.16. The topological polar surface area (TPSA) is 76.5 Å². The highest BCUT2D eigenvalue weighted by atomic mass is 35.5. The van der Waals surface area contributed by atoms with E-state index in [1.807, 2.05) is 29.9 Å². The number of nitrogens with zero attached hydrogens (tertiary/aromatic N) is 3. The summed E-state index contributed by atoms with van der Waals surface area (Å²) in [6.45, 7) is 1.15. The molecule has 0 radical (unpaired) electrons. The molecule has 0 aliphatic carbocycles. The molecule has 2 aliphatic heterocycles. The highest BCUT2D eigenvalue weighted by Crippen LogP contribution is 2.39. The highest BCUT2D eigenvalue weighted by Gasteiger charge is 2.51. The number of aryl methyl sites for hydroxylation is 1. The Morgan fingerprint density at radius 1 is 1.31 bits per heavy atom. The summed E-state index contributed by atoms with van der Waals surface area (Å²) in [5, 5.41) is 4.46. The Morgan fingerprint density at radius 2 is 2.14 bits per heavy atom. The fraction of sp³-hybridized carbons (Fsp3) is 0.286. The molecule has 0 saturated carbocycles. The molecule has 0 bridgehead atoms. The van der Waals surface area contributed by atoms with Gasteiger partial charge in [0.1, 0.15) is 11.4 Å². The first-order valence-corrected chi connectivity index (χ1v) is 9.75. The van der Waals surface area contributed by atoms with Gasteiger partial charge in [-0.1, -0.05) is 11.6 Å². The van der Waals surface area contributed by atoms with Crippen molar-refractivity contribution >= 4 is 34.4 Å². The molecule has 1 fully saturated rings. The molecule has 2 aromatic heterocycles. The molecule has 0 unspecified atom stereocenters. The molecule has 29 heavy (non-hydrogen) atoms. The Hall–Kier alpha value is -3.06. The highest BCUT2D eigenvalue weighted by molar-refractivity contribution is 6.31. The maximum atomic E-state index is 12.5. The van der Waals surface area contributed by atoms with Crippen molar-refractivity contribution in [2.24, 2.45) is 7.05 Å². The van der Waals surface area contributed by atoms with E-state index in [1.165, 1.54) is 0 Å². The number of fused-ring (bicyclic) bond motifs is 2. The number of urea groups is 1. The molecule has 1 N–H and O–H groups in total. The normalized spacial score (nSPS) is 17.0. The minimum atomic E-state index is -0.639. The number of aromatic nitrogens is 2. The quantitative estimate of drug-likeness (QED) is 0.704. The lowest BCUT2D eigenvalue weighted by molar-refractivity contribution is -0.0596. The molecule has 7 nitrogen and oxygen atoms in total. The molecule has 0 atom stereocenters. The number of ether oxygens (including phenoxy) is 1. The summed E-state index contributed by atoms with van der Waals surface area (Å²) >= 11 is 5.97. The van der Waals surface area contributed by atoms with Gasteiger partial charge in [0.25, 0.3) is 0 Å². The number of amides is 2. The number of ketones is 1. The van der Waals surface area contributed by atoms with Crippen LogP contribution in [0.25, 0.3) is 11.0 Å². The van der Waals surface area contributed by atoms with Gasteiger partial charge in [0, 0.05) is 36.4 Å². The van der Waals surface area contributed by atoms with E-state index in [0.717, 1.165) is 16.6 Å². The van der Waals surface area contributed by atoms with Gasteiger partial charge in [0.2, 0.25) is 0 Å². The number of pyridine rings is 1. The summed E-state index contributed by atoms with van der Waals surface area (Å²) in [5.74, 6) is 0.531. The molecule has 148 valence electrons. The van der Waals surface area contributed by atoms with Crippen LogP contribution < -0.4 is 10.1 Å². The van der Waals surface area contributed by atoms with Crippen molar-refractivity contribution in [3.8, 4) is 5.75 Å². The Bertz CT molecular complexity index is 1150. The zero-order valence-corrected chi connectivity index (χ0v) is 16.6. The zero-order chi connectivity index (χ0) is 20.2. The van der Waals surface area contributed by atoms with Crippen molar-refractivity contribution in [3.63, 3.8) is 0 Å². The predicted molar refractivity (Wildman–Crippen MR) is 108 cm³/mol. The number of likely N-dealkylation sites (tertiary alicyclic amines) is 1. The smallest absolute Gasteiger partial charge is 0.317 e. The van der Waals surface area contributed by atoms with Crippen molar-refractivity contribution in [3.05, 3.63) is 58.9 Å². The monoisotopic (exact) mass is 410 g/mol.